The Balaban J connectivity index is 2.52. The van der Waals surface area contributed by atoms with Crippen molar-refractivity contribution in [1.29, 1.82) is 0 Å². The number of hydrogen-bond donors (Lipinski definition) is 1. The van der Waals surface area contributed by atoms with E-state index >= 15 is 0 Å². The molecule has 5 heteroatoms. The minimum Gasteiger partial charge on any atom is -0.390 e. The fourth-order valence-corrected chi connectivity index (χ4v) is 3.35. The lowest BCUT2D eigenvalue weighted by molar-refractivity contribution is 0.0126. The lowest BCUT2D eigenvalue weighted by Crippen LogP contribution is -2.45. The zero-order chi connectivity index (χ0) is 11.5. The van der Waals surface area contributed by atoms with E-state index in [-0.39, 0.29) is 5.75 Å². The van der Waals surface area contributed by atoms with E-state index in [2.05, 4.69) is 0 Å². The summed E-state index contributed by atoms with van der Waals surface area (Å²) in [6.45, 7) is 4.66. The van der Waals surface area contributed by atoms with Crippen molar-refractivity contribution in [1.82, 2.24) is 4.31 Å². The minimum absolute atomic E-state index is 0.242. The zero-order valence-electron chi connectivity index (χ0n) is 9.57. The highest BCUT2D eigenvalue weighted by atomic mass is 32.2. The predicted octanol–water partition coefficient (Wildman–Crippen LogP) is 0.963. The molecule has 1 N–H and O–H groups in total. The fraction of sp³-hybridized carbons (Fsp3) is 1.00. The third kappa shape index (κ3) is 3.74. The molecule has 1 rings (SSSR count). The van der Waals surface area contributed by atoms with Crippen molar-refractivity contribution in [3.05, 3.63) is 0 Å². The van der Waals surface area contributed by atoms with Gasteiger partial charge in [-0.15, -0.1) is 0 Å². The number of piperidine rings is 1. The number of hydrogen-bond acceptors (Lipinski definition) is 3. The van der Waals surface area contributed by atoms with E-state index < -0.39 is 15.6 Å². The molecule has 0 radical (unpaired) electrons. The maximum absolute atomic E-state index is 11.8. The lowest BCUT2D eigenvalue weighted by atomic mass is 9.95. The minimum atomic E-state index is -3.07. The summed E-state index contributed by atoms with van der Waals surface area (Å²) >= 11 is 0. The van der Waals surface area contributed by atoms with Crippen molar-refractivity contribution in [2.24, 2.45) is 0 Å². The van der Waals surface area contributed by atoms with Crippen LogP contribution in [-0.2, 0) is 10.0 Å². The summed E-state index contributed by atoms with van der Waals surface area (Å²) < 4.78 is 25.1. The summed E-state index contributed by atoms with van der Waals surface area (Å²) in [5.41, 5.74) is -0.684. The normalized spacial score (nSPS) is 22.9. The highest BCUT2D eigenvalue weighted by Gasteiger charge is 2.32. The van der Waals surface area contributed by atoms with Crippen LogP contribution in [0.5, 0.6) is 0 Å². The number of unbranched alkanes of at least 4 members (excludes halogenated alkanes) is 1. The van der Waals surface area contributed by atoms with Crippen LogP contribution in [0.3, 0.4) is 0 Å². The number of sulfonamides is 1. The molecule has 0 saturated carbocycles. The average molecular weight is 235 g/mol. The molecule has 1 aliphatic rings. The summed E-state index contributed by atoms with van der Waals surface area (Å²) in [6, 6.07) is 0. The first-order valence-corrected chi connectivity index (χ1v) is 7.18. The molecule has 1 saturated heterocycles. The summed E-state index contributed by atoms with van der Waals surface area (Å²) in [6.07, 6.45) is 2.69. The van der Waals surface area contributed by atoms with Crippen molar-refractivity contribution in [2.45, 2.75) is 45.1 Å². The second kappa shape index (κ2) is 4.80. The van der Waals surface area contributed by atoms with Crippen LogP contribution in [0.15, 0.2) is 0 Å². The van der Waals surface area contributed by atoms with Crippen LogP contribution in [0.4, 0.5) is 0 Å². The first-order valence-electron chi connectivity index (χ1n) is 5.57. The summed E-state index contributed by atoms with van der Waals surface area (Å²) in [5, 5.41) is 9.71. The number of rotatable bonds is 4. The molecule has 15 heavy (non-hydrogen) atoms. The van der Waals surface area contributed by atoms with Gasteiger partial charge in [0.15, 0.2) is 0 Å². The maximum Gasteiger partial charge on any atom is 0.214 e. The van der Waals surface area contributed by atoms with Crippen LogP contribution in [-0.4, -0.2) is 42.3 Å². The number of aliphatic hydroxyl groups is 1. The Kier molecular flexibility index (Phi) is 4.14. The third-order valence-corrected chi connectivity index (χ3v) is 4.91. The van der Waals surface area contributed by atoms with Crippen LogP contribution >= 0.6 is 0 Å². The average Bonchev–Trinajstić information content (AvgIpc) is 2.14. The van der Waals surface area contributed by atoms with Gasteiger partial charge in [-0.25, -0.2) is 12.7 Å². The molecule has 0 unspecified atom stereocenters. The Morgan fingerprint density at radius 3 is 2.33 bits per heavy atom. The first-order chi connectivity index (χ1) is 6.87. The SMILES string of the molecule is CCCCS(=O)(=O)N1CCC(C)(O)CC1. The van der Waals surface area contributed by atoms with E-state index in [4.69, 9.17) is 0 Å². The van der Waals surface area contributed by atoms with E-state index in [0.717, 1.165) is 12.8 Å². The highest BCUT2D eigenvalue weighted by Crippen LogP contribution is 2.23. The predicted molar refractivity (Wildman–Crippen MR) is 60.1 cm³/mol. The molecule has 0 aromatic rings. The highest BCUT2D eigenvalue weighted by molar-refractivity contribution is 7.89. The molecule has 4 nitrogen and oxygen atoms in total. The van der Waals surface area contributed by atoms with Crippen molar-refractivity contribution in [3.8, 4) is 0 Å². The Labute approximate surface area is 92.3 Å². The molecule has 1 heterocycles. The molecule has 0 aromatic carbocycles. The summed E-state index contributed by atoms with van der Waals surface area (Å²) in [5.74, 6) is 0.242. The molecule has 1 fully saturated rings. The van der Waals surface area contributed by atoms with Crippen LogP contribution in [0.1, 0.15) is 39.5 Å². The molecule has 0 amide bonds. The van der Waals surface area contributed by atoms with Gasteiger partial charge in [0.25, 0.3) is 0 Å². The van der Waals surface area contributed by atoms with Gasteiger partial charge >= 0.3 is 0 Å². The Hall–Kier alpha value is -0.130. The zero-order valence-corrected chi connectivity index (χ0v) is 10.4. The van der Waals surface area contributed by atoms with Gasteiger partial charge in [0.2, 0.25) is 10.0 Å². The van der Waals surface area contributed by atoms with Crippen molar-refractivity contribution in [2.75, 3.05) is 18.8 Å². The first kappa shape index (κ1) is 12.9. The molecular weight excluding hydrogens is 214 g/mol. The van der Waals surface area contributed by atoms with Gasteiger partial charge in [0.05, 0.1) is 11.4 Å². The second-order valence-electron chi connectivity index (χ2n) is 4.57. The van der Waals surface area contributed by atoms with Crippen LogP contribution in [0, 0.1) is 0 Å². The molecule has 0 atom stereocenters. The van der Waals surface area contributed by atoms with E-state index in [1.807, 2.05) is 6.92 Å². The second-order valence-corrected chi connectivity index (χ2v) is 6.65. The number of nitrogens with zero attached hydrogens (tertiary/aromatic N) is 1. The fourth-order valence-electron chi connectivity index (χ4n) is 1.70. The quantitative estimate of drug-likeness (QED) is 0.789. The van der Waals surface area contributed by atoms with E-state index in [1.165, 1.54) is 4.31 Å². The standard InChI is InChI=1S/C10H21NO3S/c1-3-4-9-15(13,14)11-7-5-10(2,12)6-8-11/h12H,3-9H2,1-2H3. The van der Waals surface area contributed by atoms with Crippen molar-refractivity contribution < 1.29 is 13.5 Å². The third-order valence-electron chi connectivity index (χ3n) is 2.95. The van der Waals surface area contributed by atoms with Crippen LogP contribution < -0.4 is 0 Å². The van der Waals surface area contributed by atoms with Gasteiger partial charge in [-0.1, -0.05) is 13.3 Å². The van der Waals surface area contributed by atoms with Gasteiger partial charge in [-0.3, -0.25) is 0 Å². The largest absolute Gasteiger partial charge is 0.390 e. The maximum atomic E-state index is 11.8. The molecule has 0 bridgehead atoms. The Morgan fingerprint density at radius 1 is 1.33 bits per heavy atom. The molecule has 90 valence electrons. The van der Waals surface area contributed by atoms with Gasteiger partial charge in [-0.2, -0.15) is 0 Å². The van der Waals surface area contributed by atoms with E-state index in [0.29, 0.717) is 25.9 Å². The van der Waals surface area contributed by atoms with Gasteiger partial charge < -0.3 is 5.11 Å². The smallest absolute Gasteiger partial charge is 0.214 e. The Bertz CT molecular complexity index is 288. The lowest BCUT2D eigenvalue weighted by Gasteiger charge is -2.34. The van der Waals surface area contributed by atoms with Crippen LogP contribution in [0.25, 0.3) is 0 Å². The van der Waals surface area contributed by atoms with Crippen molar-refractivity contribution in [3.63, 3.8) is 0 Å². The van der Waals surface area contributed by atoms with E-state index in [1.54, 1.807) is 6.92 Å². The molecule has 0 aliphatic carbocycles. The molecular formula is C10H21NO3S. The van der Waals surface area contributed by atoms with E-state index in [9.17, 15) is 13.5 Å². The molecule has 1 aliphatic heterocycles. The molecule has 0 spiro atoms. The van der Waals surface area contributed by atoms with Gasteiger partial charge in [0.1, 0.15) is 0 Å². The van der Waals surface area contributed by atoms with Gasteiger partial charge in [-0.05, 0) is 26.2 Å². The molecule has 0 aromatic heterocycles. The topological polar surface area (TPSA) is 57.6 Å². The summed E-state index contributed by atoms with van der Waals surface area (Å²) in [7, 11) is -3.07. The monoisotopic (exact) mass is 235 g/mol. The van der Waals surface area contributed by atoms with Crippen molar-refractivity contribution >= 4 is 10.0 Å². The summed E-state index contributed by atoms with van der Waals surface area (Å²) in [4.78, 5) is 0. The Morgan fingerprint density at radius 2 is 1.87 bits per heavy atom. The van der Waals surface area contributed by atoms with Gasteiger partial charge in [0, 0.05) is 13.1 Å². The van der Waals surface area contributed by atoms with Crippen LogP contribution in [0.2, 0.25) is 0 Å².